The second kappa shape index (κ2) is 12.0. The molecule has 0 bridgehead atoms. The summed E-state index contributed by atoms with van der Waals surface area (Å²) >= 11 is 1.82. The van der Waals surface area contributed by atoms with Crippen LogP contribution in [0, 0.1) is 16.2 Å². The van der Waals surface area contributed by atoms with E-state index in [4.69, 9.17) is 5.41 Å². The molecule has 1 aliphatic carbocycles. The molecule has 166 valence electrons. The molecule has 3 nitrogen and oxygen atoms in total. The molecule has 1 unspecified atom stereocenters. The van der Waals surface area contributed by atoms with Gasteiger partial charge in [0, 0.05) is 37.0 Å². The molecule has 0 aromatic rings. The van der Waals surface area contributed by atoms with Crippen molar-refractivity contribution in [3.8, 4) is 0 Å². The van der Waals surface area contributed by atoms with E-state index in [9.17, 15) is 0 Å². The van der Waals surface area contributed by atoms with Crippen molar-refractivity contribution in [1.29, 1.82) is 5.41 Å². The van der Waals surface area contributed by atoms with Gasteiger partial charge in [-0.3, -0.25) is 5.41 Å². The van der Waals surface area contributed by atoms with Gasteiger partial charge in [-0.15, -0.1) is 0 Å². The third-order valence-corrected chi connectivity index (χ3v) is 5.78. The van der Waals surface area contributed by atoms with Crippen LogP contribution >= 0.6 is 11.9 Å². The summed E-state index contributed by atoms with van der Waals surface area (Å²) < 4.78 is 2.44. The first kappa shape index (κ1) is 26.0. The molecule has 0 radical (unpaired) electrons. The third-order valence-electron chi connectivity index (χ3n) is 4.52. The van der Waals surface area contributed by atoms with Crippen molar-refractivity contribution in [1.82, 2.24) is 9.21 Å². The number of hydrogen-bond acceptors (Lipinski definition) is 3. The van der Waals surface area contributed by atoms with Crippen molar-refractivity contribution in [2.75, 3.05) is 19.6 Å². The quantitative estimate of drug-likeness (QED) is 0.212. The van der Waals surface area contributed by atoms with Gasteiger partial charge >= 0.3 is 0 Å². The van der Waals surface area contributed by atoms with E-state index in [1.165, 1.54) is 24.2 Å². The molecule has 1 N–H and O–H groups in total. The summed E-state index contributed by atoms with van der Waals surface area (Å²) in [6.07, 6.45) is 14.8. The molecule has 29 heavy (non-hydrogen) atoms. The van der Waals surface area contributed by atoms with Gasteiger partial charge in [-0.1, -0.05) is 85.6 Å². The van der Waals surface area contributed by atoms with Crippen LogP contribution in [0.25, 0.3) is 0 Å². The Bertz CT molecular complexity index is 573. The molecule has 1 aliphatic heterocycles. The van der Waals surface area contributed by atoms with Gasteiger partial charge in [-0.05, 0) is 42.2 Å². The molecule has 1 atom stereocenters. The van der Waals surface area contributed by atoms with Crippen LogP contribution in [0.1, 0.15) is 80.6 Å². The molecule has 0 amide bonds. The van der Waals surface area contributed by atoms with E-state index in [0.29, 0.717) is 11.5 Å². The minimum Gasteiger partial charge on any atom is -0.358 e. The number of amidine groups is 1. The highest BCUT2D eigenvalue weighted by molar-refractivity contribution is 8.01. The molecule has 0 aromatic heterocycles. The highest BCUT2D eigenvalue weighted by Gasteiger charge is 2.27. The molecule has 0 spiro atoms. The second-order valence-electron chi connectivity index (χ2n) is 10.7. The van der Waals surface area contributed by atoms with Gasteiger partial charge < -0.3 is 4.90 Å². The lowest BCUT2D eigenvalue weighted by atomic mass is 9.91. The predicted molar refractivity (Wildman–Crippen MR) is 132 cm³/mol. The monoisotopic (exact) mass is 419 g/mol. The van der Waals surface area contributed by atoms with Crippen molar-refractivity contribution in [2.45, 2.75) is 86.6 Å². The zero-order chi connectivity index (χ0) is 22.1. The number of piperazine rings is 1. The number of hydrogen-bond donors (Lipinski definition) is 1. The smallest absolute Gasteiger partial charge is 0.0963 e. The summed E-state index contributed by atoms with van der Waals surface area (Å²) in [6.45, 7) is 22.3. The van der Waals surface area contributed by atoms with Crippen molar-refractivity contribution in [3.63, 3.8) is 0 Å². The Balaban J connectivity index is 0.00000127. The van der Waals surface area contributed by atoms with E-state index >= 15 is 0 Å². The first-order valence-electron chi connectivity index (χ1n) is 11.2. The third kappa shape index (κ3) is 13.0. The average Bonchev–Trinajstić information content (AvgIpc) is 3.42. The van der Waals surface area contributed by atoms with Gasteiger partial charge in [0.25, 0.3) is 0 Å². The molecule has 1 saturated heterocycles. The van der Waals surface area contributed by atoms with E-state index in [-0.39, 0.29) is 5.41 Å². The Labute approximate surface area is 185 Å². The van der Waals surface area contributed by atoms with Crippen LogP contribution in [-0.2, 0) is 0 Å². The molecule has 2 aliphatic rings. The summed E-state index contributed by atoms with van der Waals surface area (Å²) in [6, 6.07) is 0.415. The molecule has 1 saturated carbocycles. The van der Waals surface area contributed by atoms with E-state index in [0.717, 1.165) is 38.3 Å². The highest BCUT2D eigenvalue weighted by atomic mass is 32.2. The Morgan fingerprint density at radius 1 is 1.07 bits per heavy atom. The lowest BCUT2D eigenvalue weighted by Crippen LogP contribution is -2.51. The topological polar surface area (TPSA) is 30.3 Å². The van der Waals surface area contributed by atoms with E-state index in [1.807, 2.05) is 18.0 Å². The molecule has 2 rings (SSSR count). The minimum absolute atomic E-state index is 0.171. The first-order chi connectivity index (χ1) is 13.4. The fourth-order valence-electron chi connectivity index (χ4n) is 2.83. The Morgan fingerprint density at radius 2 is 1.69 bits per heavy atom. The lowest BCUT2D eigenvalue weighted by Gasteiger charge is -2.41. The van der Waals surface area contributed by atoms with Crippen molar-refractivity contribution < 1.29 is 0 Å². The second-order valence-corrected chi connectivity index (χ2v) is 11.9. The van der Waals surface area contributed by atoms with Crippen LogP contribution < -0.4 is 0 Å². The normalized spacial score (nSPS) is 21.0. The van der Waals surface area contributed by atoms with Crippen molar-refractivity contribution >= 4 is 17.8 Å². The van der Waals surface area contributed by atoms with Gasteiger partial charge in [0.2, 0.25) is 0 Å². The highest BCUT2D eigenvalue weighted by Crippen LogP contribution is 2.29. The fraction of sp³-hybridized carbons (Fsp3) is 0.720. The Morgan fingerprint density at radius 3 is 2.14 bits per heavy atom. The predicted octanol–water partition coefficient (Wildman–Crippen LogP) is 7.29. The van der Waals surface area contributed by atoms with Gasteiger partial charge in [0.15, 0.2) is 0 Å². The summed E-state index contributed by atoms with van der Waals surface area (Å²) in [5.41, 5.74) is 0.483. The Hall–Kier alpha value is -1.00. The number of nitrogens with zero attached hydrogens (tertiary/aromatic N) is 2. The summed E-state index contributed by atoms with van der Waals surface area (Å²) in [5, 5.41) is 8.42. The molecular weight excluding hydrogens is 374 g/mol. The van der Waals surface area contributed by atoms with Crippen LogP contribution in [0.2, 0.25) is 0 Å². The lowest BCUT2D eigenvalue weighted by molar-refractivity contribution is 0.212. The summed E-state index contributed by atoms with van der Waals surface area (Å²) in [4.78, 5) is 3.48. The van der Waals surface area contributed by atoms with Crippen molar-refractivity contribution in [2.24, 2.45) is 10.8 Å². The summed E-state index contributed by atoms with van der Waals surface area (Å²) in [7, 11) is 0. The molecule has 2 fully saturated rings. The minimum atomic E-state index is 0.171. The van der Waals surface area contributed by atoms with Gasteiger partial charge in [0.1, 0.15) is 0 Å². The maximum Gasteiger partial charge on any atom is 0.0963 e. The van der Waals surface area contributed by atoms with E-state index < -0.39 is 0 Å². The standard InChI is InChI=1S/C22H39N3S.C3H6/c1-9-11-19(12-10-13-21(3,4)5)26-25-15-14-24(17-18(25)2)20(23)16-22(6,7)8;1-2-3-1/h9-12,18,23H,1,13-17H2,2-8H3;1-3H2/b12-10-,19-11+,23-20?;. The van der Waals surface area contributed by atoms with Crippen LogP contribution in [0.5, 0.6) is 0 Å². The van der Waals surface area contributed by atoms with Gasteiger partial charge in [0.05, 0.1) is 5.84 Å². The van der Waals surface area contributed by atoms with Crippen LogP contribution in [-0.4, -0.2) is 40.7 Å². The Kier molecular flexibility index (Phi) is 10.8. The number of allylic oxidation sites excluding steroid dienone is 4. The number of rotatable bonds is 6. The van der Waals surface area contributed by atoms with Gasteiger partial charge in [-0.2, -0.15) is 0 Å². The molecular formula is C25H45N3S. The first-order valence-corrected chi connectivity index (χ1v) is 11.9. The van der Waals surface area contributed by atoms with Crippen molar-refractivity contribution in [3.05, 3.63) is 35.8 Å². The maximum atomic E-state index is 8.42. The zero-order valence-corrected chi connectivity index (χ0v) is 20.9. The van der Waals surface area contributed by atoms with Crippen LogP contribution in [0.3, 0.4) is 0 Å². The zero-order valence-electron chi connectivity index (χ0n) is 20.1. The molecule has 0 aromatic carbocycles. The van der Waals surface area contributed by atoms with Crippen LogP contribution in [0.4, 0.5) is 0 Å². The van der Waals surface area contributed by atoms with E-state index in [1.54, 1.807) is 0 Å². The SMILES string of the molecule is C1CC1.C=C/C=C(\C=C/CC(C)(C)C)SN1CCN(C(=N)CC(C)(C)C)CC1C. The maximum absolute atomic E-state index is 8.42. The number of nitrogens with one attached hydrogen (secondary N) is 1. The largest absolute Gasteiger partial charge is 0.358 e. The van der Waals surface area contributed by atoms with Gasteiger partial charge in [-0.25, -0.2) is 4.31 Å². The molecule has 4 heteroatoms. The fourth-order valence-corrected chi connectivity index (χ4v) is 3.84. The average molecular weight is 420 g/mol. The summed E-state index contributed by atoms with van der Waals surface area (Å²) in [5.74, 6) is 0.779. The molecule has 1 heterocycles. The van der Waals surface area contributed by atoms with E-state index in [2.05, 4.69) is 82.5 Å². The van der Waals surface area contributed by atoms with Crippen LogP contribution in [0.15, 0.2) is 35.8 Å².